The van der Waals surface area contributed by atoms with Crippen molar-refractivity contribution in [3.8, 4) is 0 Å². The fraction of sp³-hybridized carbons (Fsp3) is 0.444. The Morgan fingerprint density at radius 2 is 2.20 bits per heavy atom. The number of ether oxygens (including phenoxy) is 1. The Labute approximate surface area is 85.3 Å². The van der Waals surface area contributed by atoms with E-state index in [1.54, 1.807) is 18.2 Å². The molecule has 84 valence electrons. The van der Waals surface area contributed by atoms with Crippen LogP contribution in [0.25, 0.3) is 0 Å². The van der Waals surface area contributed by atoms with E-state index in [2.05, 4.69) is 15.0 Å². The maximum absolute atomic E-state index is 12.2. The molecule has 0 saturated carbocycles. The molecule has 0 aliphatic heterocycles. The number of rotatable bonds is 4. The van der Waals surface area contributed by atoms with Crippen LogP contribution >= 0.6 is 0 Å². The number of alkyl halides is 3. The Morgan fingerprint density at radius 1 is 1.47 bits per heavy atom. The predicted molar refractivity (Wildman–Crippen MR) is 49.6 cm³/mol. The Bertz CT molecular complexity index is 289. The third-order valence-corrected chi connectivity index (χ3v) is 1.78. The van der Waals surface area contributed by atoms with Crippen molar-refractivity contribution in [2.75, 3.05) is 19.0 Å². The van der Waals surface area contributed by atoms with Crippen LogP contribution in [0.4, 0.5) is 19.0 Å². The van der Waals surface area contributed by atoms with Crippen LogP contribution in [-0.4, -0.2) is 30.9 Å². The molecule has 15 heavy (non-hydrogen) atoms. The third-order valence-electron chi connectivity index (χ3n) is 1.78. The minimum Gasteiger partial charge on any atom is -0.370 e. The molecule has 0 fully saturated rings. The van der Waals surface area contributed by atoms with E-state index in [0.717, 1.165) is 7.11 Å². The van der Waals surface area contributed by atoms with Gasteiger partial charge >= 0.3 is 6.18 Å². The van der Waals surface area contributed by atoms with Gasteiger partial charge in [0.2, 0.25) is 0 Å². The maximum Gasteiger partial charge on any atom is 0.416 e. The Hall–Kier alpha value is -1.30. The second kappa shape index (κ2) is 4.97. The largest absolute Gasteiger partial charge is 0.416 e. The molecular weight excluding hydrogens is 209 g/mol. The first kappa shape index (κ1) is 11.8. The predicted octanol–water partition coefficient (Wildman–Crippen LogP) is 2.07. The van der Waals surface area contributed by atoms with E-state index in [1.165, 1.54) is 6.20 Å². The van der Waals surface area contributed by atoms with Gasteiger partial charge in [0.15, 0.2) is 6.10 Å². The number of anilines is 1. The third kappa shape index (κ3) is 3.75. The molecule has 1 N–H and O–H groups in total. The molecule has 6 heteroatoms. The van der Waals surface area contributed by atoms with Gasteiger partial charge in [-0.3, -0.25) is 0 Å². The zero-order chi connectivity index (χ0) is 11.3. The second-order valence-corrected chi connectivity index (χ2v) is 2.86. The average Bonchev–Trinajstić information content (AvgIpc) is 2.18. The summed E-state index contributed by atoms with van der Waals surface area (Å²) < 4.78 is 41.0. The molecule has 1 atom stereocenters. The summed E-state index contributed by atoms with van der Waals surface area (Å²) >= 11 is 0. The lowest BCUT2D eigenvalue weighted by molar-refractivity contribution is -0.207. The number of halogens is 3. The quantitative estimate of drug-likeness (QED) is 0.843. The normalized spacial score (nSPS) is 13.6. The molecule has 1 aromatic heterocycles. The first-order chi connectivity index (χ1) is 7.04. The number of nitrogens with one attached hydrogen (secondary N) is 1. The molecule has 0 radical (unpaired) electrons. The van der Waals surface area contributed by atoms with Crippen molar-refractivity contribution in [3.05, 3.63) is 24.4 Å². The molecular formula is C9H11F3N2O. The molecule has 1 unspecified atom stereocenters. The van der Waals surface area contributed by atoms with Gasteiger partial charge in [-0.2, -0.15) is 13.2 Å². The van der Waals surface area contributed by atoms with Gasteiger partial charge in [0.05, 0.1) is 6.54 Å². The minimum absolute atomic E-state index is 0.350. The molecule has 0 bridgehead atoms. The van der Waals surface area contributed by atoms with E-state index in [1.807, 2.05) is 0 Å². The molecule has 1 rings (SSSR count). The number of nitrogens with zero attached hydrogens (tertiary/aromatic N) is 1. The van der Waals surface area contributed by atoms with Crippen molar-refractivity contribution in [2.24, 2.45) is 0 Å². The molecule has 0 aromatic carbocycles. The van der Waals surface area contributed by atoms with E-state index < -0.39 is 12.3 Å². The van der Waals surface area contributed by atoms with Gasteiger partial charge in [-0.1, -0.05) is 6.07 Å². The summed E-state index contributed by atoms with van der Waals surface area (Å²) in [6.07, 6.45) is -4.69. The van der Waals surface area contributed by atoms with E-state index in [-0.39, 0.29) is 6.54 Å². The van der Waals surface area contributed by atoms with E-state index in [9.17, 15) is 13.2 Å². The molecule has 0 amide bonds. The van der Waals surface area contributed by atoms with Crippen molar-refractivity contribution in [1.29, 1.82) is 0 Å². The monoisotopic (exact) mass is 220 g/mol. The summed E-state index contributed by atoms with van der Waals surface area (Å²) in [7, 11) is 1.03. The lowest BCUT2D eigenvalue weighted by Crippen LogP contribution is -2.37. The van der Waals surface area contributed by atoms with Gasteiger partial charge in [0, 0.05) is 13.3 Å². The SMILES string of the molecule is COC(CNc1ccccn1)C(F)(F)F. The van der Waals surface area contributed by atoms with Crippen LogP contribution in [0.2, 0.25) is 0 Å². The molecule has 0 spiro atoms. The number of aromatic nitrogens is 1. The standard InChI is InChI=1S/C9H11F3N2O/c1-15-7(9(10,11)12)6-14-8-4-2-3-5-13-8/h2-5,7H,6H2,1H3,(H,13,14). The van der Waals surface area contributed by atoms with Gasteiger partial charge in [-0.25, -0.2) is 4.98 Å². The fourth-order valence-corrected chi connectivity index (χ4v) is 0.997. The average molecular weight is 220 g/mol. The van der Waals surface area contributed by atoms with E-state index in [0.29, 0.717) is 5.82 Å². The highest BCUT2D eigenvalue weighted by Crippen LogP contribution is 2.22. The summed E-state index contributed by atoms with van der Waals surface area (Å²) in [5.41, 5.74) is 0. The Kier molecular flexibility index (Phi) is 3.90. The fourth-order valence-electron chi connectivity index (χ4n) is 0.997. The number of pyridine rings is 1. The molecule has 3 nitrogen and oxygen atoms in total. The smallest absolute Gasteiger partial charge is 0.370 e. The van der Waals surface area contributed by atoms with Crippen molar-refractivity contribution in [2.45, 2.75) is 12.3 Å². The van der Waals surface area contributed by atoms with Crippen LogP contribution in [0, 0.1) is 0 Å². The highest BCUT2D eigenvalue weighted by atomic mass is 19.4. The Morgan fingerprint density at radius 3 is 2.67 bits per heavy atom. The van der Waals surface area contributed by atoms with Crippen molar-refractivity contribution >= 4 is 5.82 Å². The second-order valence-electron chi connectivity index (χ2n) is 2.86. The van der Waals surface area contributed by atoms with Crippen LogP contribution in [0.5, 0.6) is 0 Å². The van der Waals surface area contributed by atoms with Gasteiger partial charge in [0.1, 0.15) is 5.82 Å². The Balaban J connectivity index is 2.49. The van der Waals surface area contributed by atoms with Gasteiger partial charge < -0.3 is 10.1 Å². The minimum atomic E-state index is -4.36. The topological polar surface area (TPSA) is 34.1 Å². The summed E-state index contributed by atoms with van der Waals surface area (Å²) in [6, 6.07) is 4.95. The summed E-state index contributed by atoms with van der Waals surface area (Å²) in [6.45, 7) is -0.350. The highest BCUT2D eigenvalue weighted by Gasteiger charge is 2.39. The molecule has 0 aliphatic rings. The number of hydrogen-bond acceptors (Lipinski definition) is 3. The zero-order valence-corrected chi connectivity index (χ0v) is 8.08. The molecule has 1 heterocycles. The van der Waals surface area contributed by atoms with Crippen LogP contribution in [0.15, 0.2) is 24.4 Å². The lowest BCUT2D eigenvalue weighted by atomic mass is 10.3. The van der Waals surface area contributed by atoms with Gasteiger partial charge in [-0.05, 0) is 12.1 Å². The van der Waals surface area contributed by atoms with Crippen LogP contribution in [0.3, 0.4) is 0 Å². The number of hydrogen-bond donors (Lipinski definition) is 1. The van der Waals surface area contributed by atoms with Gasteiger partial charge in [-0.15, -0.1) is 0 Å². The molecule has 0 saturated heterocycles. The first-order valence-electron chi connectivity index (χ1n) is 4.28. The molecule has 0 aliphatic carbocycles. The lowest BCUT2D eigenvalue weighted by Gasteiger charge is -2.19. The zero-order valence-electron chi connectivity index (χ0n) is 8.08. The maximum atomic E-state index is 12.2. The van der Waals surface area contributed by atoms with Crippen molar-refractivity contribution < 1.29 is 17.9 Å². The summed E-state index contributed by atoms with van der Waals surface area (Å²) in [5, 5.41) is 2.55. The van der Waals surface area contributed by atoms with E-state index >= 15 is 0 Å². The van der Waals surface area contributed by atoms with Gasteiger partial charge in [0.25, 0.3) is 0 Å². The van der Waals surface area contributed by atoms with Crippen LogP contribution in [0.1, 0.15) is 0 Å². The van der Waals surface area contributed by atoms with Crippen LogP contribution in [-0.2, 0) is 4.74 Å². The highest BCUT2D eigenvalue weighted by molar-refractivity contribution is 5.33. The van der Waals surface area contributed by atoms with Crippen LogP contribution < -0.4 is 5.32 Å². The molecule has 1 aromatic rings. The van der Waals surface area contributed by atoms with Crippen molar-refractivity contribution in [1.82, 2.24) is 4.98 Å². The van der Waals surface area contributed by atoms with E-state index in [4.69, 9.17) is 0 Å². The van der Waals surface area contributed by atoms with Crippen molar-refractivity contribution in [3.63, 3.8) is 0 Å². The first-order valence-corrected chi connectivity index (χ1v) is 4.28. The number of methoxy groups -OCH3 is 1. The summed E-state index contributed by atoms with van der Waals surface area (Å²) in [4.78, 5) is 3.83. The summed E-state index contributed by atoms with van der Waals surface area (Å²) in [5.74, 6) is 0.392.